The molecule has 0 spiro atoms. The molecule has 0 radical (unpaired) electrons. The quantitative estimate of drug-likeness (QED) is 0.287. The fourth-order valence-corrected chi connectivity index (χ4v) is 4.54. The van der Waals surface area contributed by atoms with E-state index in [1.54, 1.807) is 4.68 Å². The maximum atomic E-state index is 13.3. The molecule has 3 aromatic rings. The number of halogens is 1. The first-order chi connectivity index (χ1) is 18.3. The van der Waals surface area contributed by atoms with E-state index >= 15 is 0 Å². The molecule has 1 unspecified atom stereocenters. The largest absolute Gasteiger partial charge is 0.473 e. The molecule has 3 N–H and O–H groups in total. The Labute approximate surface area is 225 Å². The summed E-state index contributed by atoms with van der Waals surface area (Å²) in [6.07, 6.45) is 3.47. The van der Waals surface area contributed by atoms with Gasteiger partial charge in [-0.25, -0.2) is 14.3 Å². The smallest absolute Gasteiger partial charge is 0.414 e. The minimum absolute atomic E-state index is 0.00909. The topological polar surface area (TPSA) is 142 Å². The van der Waals surface area contributed by atoms with E-state index < -0.39 is 11.9 Å². The van der Waals surface area contributed by atoms with Gasteiger partial charge in [0.1, 0.15) is 0 Å². The third-order valence-corrected chi connectivity index (χ3v) is 6.55. The van der Waals surface area contributed by atoms with Gasteiger partial charge in [0.05, 0.1) is 36.9 Å². The summed E-state index contributed by atoms with van der Waals surface area (Å²) in [4.78, 5) is 33.9. The Bertz CT molecular complexity index is 1270. The van der Waals surface area contributed by atoms with Crippen molar-refractivity contribution in [1.82, 2.24) is 14.7 Å². The molecule has 0 aliphatic carbocycles. The maximum absolute atomic E-state index is 13.3. The van der Waals surface area contributed by atoms with Crippen molar-refractivity contribution in [2.75, 3.05) is 39.5 Å². The first-order valence-electron chi connectivity index (χ1n) is 12.4. The Morgan fingerprint density at radius 1 is 0.974 bits per heavy atom. The lowest BCUT2D eigenvalue weighted by atomic mass is 10.0. The number of aliphatic carboxylic acids is 2. The number of likely N-dealkylation sites (tertiary alicyclic amines) is 1. The number of aromatic nitrogens is 2. The van der Waals surface area contributed by atoms with Gasteiger partial charge in [-0.2, -0.15) is 5.10 Å². The van der Waals surface area contributed by atoms with Crippen molar-refractivity contribution in [1.29, 1.82) is 0 Å². The molecule has 1 aliphatic heterocycles. The van der Waals surface area contributed by atoms with Crippen LogP contribution in [0.4, 0.5) is 0 Å². The fraction of sp³-hybridized carbons (Fsp3) is 0.407. The molecule has 1 aliphatic rings. The van der Waals surface area contributed by atoms with Gasteiger partial charge in [0.2, 0.25) is 0 Å². The molecule has 4 rings (SSSR count). The first-order valence-corrected chi connectivity index (χ1v) is 12.8. The van der Waals surface area contributed by atoms with Crippen LogP contribution in [-0.2, 0) is 20.7 Å². The Kier molecular flexibility index (Phi) is 11.2. The third kappa shape index (κ3) is 8.35. The van der Waals surface area contributed by atoms with E-state index in [0.717, 1.165) is 60.9 Å². The highest BCUT2D eigenvalue weighted by atomic mass is 35.5. The summed E-state index contributed by atoms with van der Waals surface area (Å²) in [5.74, 6) is -3.65. The monoisotopic (exact) mass is 545 g/mol. The minimum atomic E-state index is -1.82. The van der Waals surface area contributed by atoms with Crippen molar-refractivity contribution in [2.45, 2.75) is 31.7 Å². The molecule has 1 aromatic heterocycles. The predicted molar refractivity (Wildman–Crippen MR) is 143 cm³/mol. The average molecular weight is 546 g/mol. The second-order valence-electron chi connectivity index (χ2n) is 8.92. The van der Waals surface area contributed by atoms with Gasteiger partial charge in [-0.3, -0.25) is 4.79 Å². The van der Waals surface area contributed by atoms with Crippen LogP contribution in [0.1, 0.15) is 36.6 Å². The number of rotatable bonds is 8. The van der Waals surface area contributed by atoms with Crippen LogP contribution in [0.25, 0.3) is 10.8 Å². The lowest BCUT2D eigenvalue weighted by Gasteiger charge is -2.21. The number of aliphatic hydroxyl groups is 1. The van der Waals surface area contributed by atoms with Gasteiger partial charge < -0.3 is 25.0 Å². The number of ether oxygens (including phenoxy) is 1. The van der Waals surface area contributed by atoms with Gasteiger partial charge >= 0.3 is 11.9 Å². The number of carboxylic acids is 2. The molecular formula is C27H32ClN3O7. The SMILES string of the molecule is O=C(O)C(=O)O.O=c1c2ccccc2c(Cc2ccc(Cl)cc2)nn1C1CCCN(CCOCCO)CC1. The zero-order valence-electron chi connectivity index (χ0n) is 21.0. The number of hydrogen-bond acceptors (Lipinski definition) is 7. The molecule has 11 heteroatoms. The van der Waals surface area contributed by atoms with Crippen LogP contribution in [-0.4, -0.2) is 81.4 Å². The fourth-order valence-electron chi connectivity index (χ4n) is 4.41. The van der Waals surface area contributed by atoms with Gasteiger partial charge in [-0.15, -0.1) is 0 Å². The van der Waals surface area contributed by atoms with Crippen molar-refractivity contribution in [3.05, 3.63) is 75.2 Å². The number of nitrogens with zero attached hydrogens (tertiary/aromatic N) is 3. The summed E-state index contributed by atoms with van der Waals surface area (Å²) < 4.78 is 7.15. The summed E-state index contributed by atoms with van der Waals surface area (Å²) in [5, 5.41) is 30.9. The highest BCUT2D eigenvalue weighted by Gasteiger charge is 2.22. The maximum Gasteiger partial charge on any atom is 0.414 e. The third-order valence-electron chi connectivity index (χ3n) is 6.30. The molecule has 38 heavy (non-hydrogen) atoms. The van der Waals surface area contributed by atoms with E-state index in [1.165, 1.54) is 0 Å². The summed E-state index contributed by atoms with van der Waals surface area (Å²) >= 11 is 6.05. The molecule has 2 aromatic carbocycles. The molecule has 0 bridgehead atoms. The van der Waals surface area contributed by atoms with Crippen LogP contribution >= 0.6 is 11.6 Å². The number of carbonyl (C=O) groups is 2. The molecule has 10 nitrogen and oxygen atoms in total. The number of aliphatic hydroxyl groups excluding tert-OH is 1. The highest BCUT2D eigenvalue weighted by Crippen LogP contribution is 2.24. The second kappa shape index (κ2) is 14.6. The zero-order valence-corrected chi connectivity index (χ0v) is 21.7. The van der Waals surface area contributed by atoms with Crippen LogP contribution in [0.5, 0.6) is 0 Å². The molecule has 204 valence electrons. The molecule has 2 heterocycles. The Hall–Kier alpha value is -3.31. The number of hydrogen-bond donors (Lipinski definition) is 3. The van der Waals surface area contributed by atoms with Crippen LogP contribution in [0.2, 0.25) is 5.02 Å². The van der Waals surface area contributed by atoms with Gasteiger partial charge in [0.25, 0.3) is 5.56 Å². The molecular weight excluding hydrogens is 514 g/mol. The normalized spacial score (nSPS) is 15.9. The molecule has 0 amide bonds. The van der Waals surface area contributed by atoms with Crippen LogP contribution in [0, 0.1) is 0 Å². The van der Waals surface area contributed by atoms with Crippen molar-refractivity contribution in [2.24, 2.45) is 0 Å². The van der Waals surface area contributed by atoms with Crippen molar-refractivity contribution < 1.29 is 29.6 Å². The summed E-state index contributed by atoms with van der Waals surface area (Å²) in [5.41, 5.74) is 2.03. The molecule has 1 saturated heterocycles. The average Bonchev–Trinajstić information content (AvgIpc) is 3.15. The lowest BCUT2D eigenvalue weighted by molar-refractivity contribution is -0.159. The van der Waals surface area contributed by atoms with Crippen molar-refractivity contribution >= 4 is 34.3 Å². The number of fused-ring (bicyclic) bond motifs is 1. The van der Waals surface area contributed by atoms with E-state index in [2.05, 4.69) is 4.90 Å². The summed E-state index contributed by atoms with van der Waals surface area (Å²) in [6.45, 7) is 3.78. The minimum Gasteiger partial charge on any atom is -0.473 e. The van der Waals surface area contributed by atoms with Crippen molar-refractivity contribution in [3.63, 3.8) is 0 Å². The van der Waals surface area contributed by atoms with Crippen LogP contribution in [0.15, 0.2) is 53.3 Å². The Balaban J connectivity index is 0.000000599. The zero-order chi connectivity index (χ0) is 27.5. The molecule has 0 saturated carbocycles. The second-order valence-corrected chi connectivity index (χ2v) is 9.35. The van der Waals surface area contributed by atoms with Crippen molar-refractivity contribution in [3.8, 4) is 0 Å². The Morgan fingerprint density at radius 2 is 1.66 bits per heavy atom. The van der Waals surface area contributed by atoms with E-state index in [1.807, 2.05) is 48.5 Å². The predicted octanol–water partition coefficient (Wildman–Crippen LogP) is 2.83. The summed E-state index contributed by atoms with van der Waals surface area (Å²) in [7, 11) is 0. The molecule has 1 atom stereocenters. The number of benzene rings is 2. The van der Waals surface area contributed by atoms with Gasteiger partial charge in [0.15, 0.2) is 0 Å². The van der Waals surface area contributed by atoms with Crippen LogP contribution in [0.3, 0.4) is 0 Å². The van der Waals surface area contributed by atoms with Gasteiger partial charge in [-0.1, -0.05) is 41.9 Å². The van der Waals surface area contributed by atoms with E-state index in [0.29, 0.717) is 24.7 Å². The van der Waals surface area contributed by atoms with Gasteiger partial charge in [-0.05, 0) is 49.6 Å². The summed E-state index contributed by atoms with van der Waals surface area (Å²) in [6, 6.07) is 15.7. The van der Waals surface area contributed by atoms with E-state index in [-0.39, 0.29) is 18.2 Å². The van der Waals surface area contributed by atoms with E-state index in [9.17, 15) is 4.79 Å². The van der Waals surface area contributed by atoms with E-state index in [4.69, 9.17) is 46.3 Å². The first kappa shape index (κ1) is 29.2. The van der Waals surface area contributed by atoms with Gasteiger partial charge in [0, 0.05) is 29.9 Å². The standard InChI is InChI=1S/C25H30ClN3O3.C2H2O4/c26-20-9-7-19(8-10-20)18-24-22-5-1-2-6-23(22)25(31)29(27-24)21-4-3-12-28(13-11-21)14-16-32-17-15-30;3-1(4)2(5)6/h1-2,5-10,21,30H,3-4,11-18H2;(H,3,4)(H,5,6). The Morgan fingerprint density at radius 3 is 2.32 bits per heavy atom. The number of carboxylic acid groups (broad SMARTS) is 2. The highest BCUT2D eigenvalue weighted by molar-refractivity contribution is 6.30. The molecule has 1 fully saturated rings. The lowest BCUT2D eigenvalue weighted by Crippen LogP contribution is -2.31. The van der Waals surface area contributed by atoms with Crippen LogP contribution < -0.4 is 5.56 Å².